The molecule has 5 aromatic rings. The van der Waals surface area contributed by atoms with Crippen molar-refractivity contribution in [1.82, 2.24) is 25.3 Å². The van der Waals surface area contributed by atoms with E-state index >= 15 is 0 Å². The second-order valence-electron chi connectivity index (χ2n) is 11.0. The molecule has 2 atom stereocenters. The summed E-state index contributed by atoms with van der Waals surface area (Å²) in [6.45, 7) is 2.91. The number of benzene rings is 2. The summed E-state index contributed by atoms with van der Waals surface area (Å²) in [7, 11) is 0. The third kappa shape index (κ3) is 5.26. The summed E-state index contributed by atoms with van der Waals surface area (Å²) in [6.07, 6.45) is 4.65. The molecule has 4 heterocycles. The maximum Gasteiger partial charge on any atom is 0.251 e. The second-order valence-corrected chi connectivity index (χ2v) is 11.0. The molecule has 0 fully saturated rings. The van der Waals surface area contributed by atoms with Gasteiger partial charge in [0.2, 0.25) is 5.91 Å². The number of anilines is 2. The van der Waals surface area contributed by atoms with E-state index in [-0.39, 0.29) is 20.3 Å². The summed E-state index contributed by atoms with van der Waals surface area (Å²) < 4.78 is 19.6. The molecular weight excluding hydrogens is 565 g/mol. The van der Waals surface area contributed by atoms with Gasteiger partial charge in [0.1, 0.15) is 47.0 Å². The van der Waals surface area contributed by atoms with E-state index in [0.29, 0.717) is 45.2 Å². The largest absolute Gasteiger partial charge is 0.489 e. The van der Waals surface area contributed by atoms with Crippen molar-refractivity contribution in [2.75, 3.05) is 18.5 Å². The minimum Gasteiger partial charge on any atom is -0.489 e. The first-order chi connectivity index (χ1) is 21.0. The van der Waals surface area contributed by atoms with Crippen LogP contribution in [0.1, 0.15) is 36.9 Å². The molecule has 0 unspecified atom stereocenters. The number of carbonyl (C=O) groups is 2. The number of fused-ring (bicyclic) bond motifs is 2. The molecule has 1 aliphatic rings. The van der Waals surface area contributed by atoms with Crippen LogP contribution in [-0.2, 0) is 15.8 Å². The van der Waals surface area contributed by atoms with Crippen LogP contribution >= 0.6 is 0 Å². The Kier molecular flexibility index (Phi) is 7.14. The van der Waals surface area contributed by atoms with Gasteiger partial charge in [-0.1, -0.05) is 6.07 Å². The zero-order valence-electron chi connectivity index (χ0n) is 23.8. The minimum absolute atomic E-state index is 0. The quantitative estimate of drug-likeness (QED) is 0.208. The number of nitrogens with two attached hydrogens (primary N) is 1. The van der Waals surface area contributed by atoms with E-state index in [1.54, 1.807) is 49.6 Å². The molecule has 3 aromatic heterocycles. The summed E-state index contributed by atoms with van der Waals surface area (Å²) in [5, 5.41) is 18.3. The van der Waals surface area contributed by atoms with Gasteiger partial charge in [0.15, 0.2) is 0 Å². The van der Waals surface area contributed by atoms with Crippen LogP contribution in [0.5, 0.6) is 5.75 Å². The van der Waals surface area contributed by atoms with Gasteiger partial charge >= 0.3 is 0 Å². The number of aliphatic hydroxyl groups is 1. The third-order valence-electron chi connectivity index (χ3n) is 7.69. The van der Waals surface area contributed by atoms with E-state index in [0.717, 1.165) is 5.39 Å². The number of halogens is 1. The number of hydrogen-bond acceptors (Lipinski definition) is 9. The Morgan fingerprint density at radius 2 is 1.93 bits per heavy atom. The van der Waals surface area contributed by atoms with Crippen molar-refractivity contribution in [1.29, 1.82) is 0 Å². The average Bonchev–Trinajstić information content (AvgIpc) is 3.38. The van der Waals surface area contributed by atoms with E-state index in [1.807, 2.05) is 6.07 Å². The van der Waals surface area contributed by atoms with Crippen molar-refractivity contribution in [3.05, 3.63) is 102 Å². The molecule has 0 radical (unpaired) electrons. The normalized spacial score (nSPS) is 16.9. The molecule has 0 bridgehead atoms. The lowest BCUT2D eigenvalue weighted by Crippen LogP contribution is -2.41. The first-order valence-electron chi connectivity index (χ1n) is 13.7. The number of aromatic nitrogens is 4. The number of ether oxygens (including phenoxy) is 1. The number of hydrogen-bond donors (Lipinski definition) is 4. The van der Waals surface area contributed by atoms with E-state index in [4.69, 9.17) is 10.5 Å². The van der Waals surface area contributed by atoms with Crippen LogP contribution < -0.4 is 21.1 Å². The SMILES string of the molecule is C[C@](O)(CNC(=O)c1cc(Nc2ccncn2)c2ncccc2c1)c1cc2c(c(-c3ccc(F)cc3)n1)OC[C@]2(C)C(N)=O.[HH]. The first-order valence-corrected chi connectivity index (χ1v) is 13.7. The molecule has 2 amide bonds. The molecule has 44 heavy (non-hydrogen) atoms. The van der Waals surface area contributed by atoms with Crippen LogP contribution in [-0.4, -0.2) is 50.0 Å². The van der Waals surface area contributed by atoms with Crippen molar-refractivity contribution >= 4 is 34.2 Å². The highest BCUT2D eigenvalue weighted by molar-refractivity contribution is 6.02. The van der Waals surface area contributed by atoms with E-state index in [2.05, 4.69) is 30.6 Å². The van der Waals surface area contributed by atoms with Gasteiger partial charge in [-0.15, -0.1) is 0 Å². The maximum atomic E-state index is 13.7. The molecular formula is C32H30FN7O4. The smallest absolute Gasteiger partial charge is 0.251 e. The Hall–Kier alpha value is -5.49. The average molecular weight is 596 g/mol. The van der Waals surface area contributed by atoms with Gasteiger partial charge in [-0.05, 0) is 68.4 Å². The van der Waals surface area contributed by atoms with E-state index in [1.165, 1.54) is 37.5 Å². The van der Waals surface area contributed by atoms with Crippen LogP contribution in [0.25, 0.3) is 22.2 Å². The number of amides is 2. The number of primary amides is 1. The molecule has 0 aliphatic carbocycles. The number of nitrogens with one attached hydrogen (secondary N) is 2. The molecule has 0 saturated carbocycles. The standard InChI is InChI=1S/C32H28FN7O4.H2/c1-31(30(34)42)16-44-28-22(31)14-24(40-27(28)18-5-7-21(33)8-6-18)32(2,43)15-37-29(41)20-12-19-4-3-10-36-26(19)23(13-20)39-25-9-11-35-17-38-25;/h3-14,17,43H,15-16H2,1-2H3,(H2,34,42)(H,37,41)(H,35,38,39);1H/t31-,32-;/m0./s1. The van der Waals surface area contributed by atoms with Gasteiger partial charge in [-0.25, -0.2) is 19.3 Å². The Balaban J connectivity index is 0.00000400. The van der Waals surface area contributed by atoms with Gasteiger partial charge in [-0.3, -0.25) is 14.6 Å². The number of rotatable bonds is 8. The molecule has 0 spiro atoms. The fourth-order valence-electron chi connectivity index (χ4n) is 5.03. The fourth-order valence-corrected chi connectivity index (χ4v) is 5.03. The van der Waals surface area contributed by atoms with Crippen LogP contribution in [0.15, 0.2) is 79.4 Å². The Labute approximate surface area is 252 Å². The van der Waals surface area contributed by atoms with Gasteiger partial charge < -0.3 is 26.2 Å². The summed E-state index contributed by atoms with van der Waals surface area (Å²) in [5.74, 6) is -0.636. The monoisotopic (exact) mass is 595 g/mol. The molecule has 1 aliphatic heterocycles. The lowest BCUT2D eigenvalue weighted by Gasteiger charge is -2.26. The highest BCUT2D eigenvalue weighted by Gasteiger charge is 2.45. The fraction of sp³-hybridized carbons (Fsp3) is 0.188. The van der Waals surface area contributed by atoms with Crippen molar-refractivity contribution in [2.24, 2.45) is 5.73 Å². The molecule has 11 nitrogen and oxygen atoms in total. The first kappa shape index (κ1) is 28.6. The van der Waals surface area contributed by atoms with Crippen molar-refractivity contribution in [2.45, 2.75) is 24.9 Å². The lowest BCUT2D eigenvalue weighted by molar-refractivity contribution is -0.123. The summed E-state index contributed by atoms with van der Waals surface area (Å²) in [6, 6.07) is 15.8. The molecule has 6 rings (SSSR count). The van der Waals surface area contributed by atoms with Gasteiger partial charge in [-0.2, -0.15) is 0 Å². The Morgan fingerprint density at radius 1 is 1.14 bits per heavy atom. The lowest BCUT2D eigenvalue weighted by atomic mass is 9.82. The molecule has 12 heteroatoms. The van der Waals surface area contributed by atoms with Crippen molar-refractivity contribution < 1.29 is 25.2 Å². The molecule has 224 valence electrons. The summed E-state index contributed by atoms with van der Waals surface area (Å²) in [5.41, 5.74) is 5.85. The highest BCUT2D eigenvalue weighted by Crippen LogP contribution is 2.45. The predicted molar refractivity (Wildman–Crippen MR) is 163 cm³/mol. The van der Waals surface area contributed by atoms with Crippen LogP contribution in [0.4, 0.5) is 15.9 Å². The Morgan fingerprint density at radius 3 is 2.66 bits per heavy atom. The van der Waals surface area contributed by atoms with Gasteiger partial charge in [0.05, 0.1) is 23.4 Å². The highest BCUT2D eigenvalue weighted by atomic mass is 19.1. The van der Waals surface area contributed by atoms with Crippen LogP contribution in [0, 0.1) is 5.82 Å². The van der Waals surface area contributed by atoms with Crippen molar-refractivity contribution in [3.63, 3.8) is 0 Å². The maximum absolute atomic E-state index is 13.7. The molecule has 0 saturated heterocycles. The van der Waals surface area contributed by atoms with Gasteiger partial charge in [0.25, 0.3) is 5.91 Å². The predicted octanol–water partition coefficient (Wildman–Crippen LogP) is 3.99. The molecule has 2 aromatic carbocycles. The van der Waals surface area contributed by atoms with Gasteiger partial charge in [0, 0.05) is 35.9 Å². The summed E-state index contributed by atoms with van der Waals surface area (Å²) in [4.78, 5) is 43.1. The zero-order valence-corrected chi connectivity index (χ0v) is 23.8. The van der Waals surface area contributed by atoms with E-state index in [9.17, 15) is 19.1 Å². The number of nitrogens with zero attached hydrogens (tertiary/aromatic N) is 4. The van der Waals surface area contributed by atoms with Crippen LogP contribution in [0.3, 0.4) is 0 Å². The topological polar surface area (TPSA) is 165 Å². The molecule has 5 N–H and O–H groups in total. The van der Waals surface area contributed by atoms with Crippen molar-refractivity contribution in [3.8, 4) is 17.0 Å². The van der Waals surface area contributed by atoms with Crippen LogP contribution in [0.2, 0.25) is 0 Å². The summed E-state index contributed by atoms with van der Waals surface area (Å²) >= 11 is 0. The number of carbonyl (C=O) groups excluding carboxylic acids is 2. The second kappa shape index (κ2) is 11.0. The Bertz CT molecular complexity index is 1910. The number of pyridine rings is 2. The minimum atomic E-state index is -1.69. The zero-order chi connectivity index (χ0) is 31.1. The third-order valence-corrected chi connectivity index (χ3v) is 7.69. The van der Waals surface area contributed by atoms with E-state index < -0.39 is 28.6 Å².